The minimum Gasteiger partial charge on any atom is -0.356 e. The maximum absolute atomic E-state index is 11.7. The van der Waals surface area contributed by atoms with E-state index in [2.05, 4.69) is 5.32 Å². The molecule has 74 valence electrons. The zero-order valence-electron chi connectivity index (χ0n) is 8.28. The van der Waals surface area contributed by atoms with Crippen molar-refractivity contribution in [1.29, 1.82) is 0 Å². The van der Waals surface area contributed by atoms with E-state index in [1.165, 1.54) is 0 Å². The predicted molar refractivity (Wildman–Crippen MR) is 54.0 cm³/mol. The van der Waals surface area contributed by atoms with E-state index < -0.39 is 5.60 Å². The number of hydrogen-bond acceptors (Lipinski definition) is 2. The van der Waals surface area contributed by atoms with Crippen LogP contribution in [0.2, 0.25) is 0 Å². The molecule has 2 rings (SSSR count). The lowest BCUT2D eigenvalue weighted by Crippen LogP contribution is -2.29. The molecule has 1 aliphatic heterocycles. The Morgan fingerprint density at radius 2 is 2.00 bits per heavy atom. The number of ether oxygens (including phenoxy) is 1. The number of rotatable bonds is 2. The van der Waals surface area contributed by atoms with Crippen LogP contribution >= 0.6 is 0 Å². The fourth-order valence-electron chi connectivity index (χ4n) is 1.35. The molecule has 0 radical (unpaired) electrons. The summed E-state index contributed by atoms with van der Waals surface area (Å²) in [5.41, 5.74) is 0.178. The second-order valence-corrected chi connectivity index (χ2v) is 3.69. The van der Waals surface area contributed by atoms with Crippen molar-refractivity contribution in [2.75, 3.05) is 5.32 Å². The van der Waals surface area contributed by atoms with E-state index in [0.29, 0.717) is 0 Å². The quantitative estimate of drug-likeness (QED) is 0.724. The van der Waals surface area contributed by atoms with Gasteiger partial charge in [0.05, 0.1) is 6.10 Å². The number of carbonyl (C=O) groups excluding carboxylic acids is 1. The number of epoxide rings is 1. The Morgan fingerprint density at radius 3 is 2.50 bits per heavy atom. The van der Waals surface area contributed by atoms with Crippen LogP contribution in [0.25, 0.3) is 0 Å². The van der Waals surface area contributed by atoms with Crippen molar-refractivity contribution < 1.29 is 9.53 Å². The molecule has 1 N–H and O–H groups in total. The maximum Gasteiger partial charge on any atom is 0.259 e. The highest BCUT2D eigenvalue weighted by molar-refractivity contribution is 5.99. The van der Waals surface area contributed by atoms with Crippen molar-refractivity contribution in [2.24, 2.45) is 0 Å². The van der Waals surface area contributed by atoms with Gasteiger partial charge in [0.15, 0.2) is 5.60 Å². The summed E-state index contributed by atoms with van der Waals surface area (Å²) < 4.78 is 5.23. The number of nitrogens with one attached hydrogen (secondary N) is 1. The summed E-state index contributed by atoms with van der Waals surface area (Å²) in [5.74, 6) is -0.0730. The Morgan fingerprint density at radius 1 is 1.43 bits per heavy atom. The first-order chi connectivity index (χ1) is 6.63. The topological polar surface area (TPSA) is 41.6 Å². The van der Waals surface area contributed by atoms with E-state index in [-0.39, 0.29) is 12.0 Å². The molecule has 1 amide bonds. The summed E-state index contributed by atoms with van der Waals surface area (Å²) in [6.07, 6.45) is 0.0196. The van der Waals surface area contributed by atoms with E-state index in [9.17, 15) is 4.79 Å². The maximum atomic E-state index is 11.7. The molecule has 0 bridgehead atoms. The molecule has 0 aromatic heterocycles. The van der Waals surface area contributed by atoms with E-state index >= 15 is 0 Å². The first-order valence-corrected chi connectivity index (χ1v) is 4.67. The SMILES string of the molecule is C[C@H]1O[C@]1(C)C(=O)Nc1ccccc1. The monoisotopic (exact) mass is 191 g/mol. The first-order valence-electron chi connectivity index (χ1n) is 4.67. The lowest BCUT2D eigenvalue weighted by molar-refractivity contribution is -0.120. The molecule has 1 aromatic carbocycles. The average Bonchev–Trinajstić information content (AvgIpc) is 2.78. The summed E-state index contributed by atoms with van der Waals surface area (Å²) in [6.45, 7) is 3.69. The lowest BCUT2D eigenvalue weighted by atomic mass is 10.1. The van der Waals surface area contributed by atoms with Gasteiger partial charge < -0.3 is 10.1 Å². The van der Waals surface area contributed by atoms with Gasteiger partial charge in [-0.2, -0.15) is 0 Å². The highest BCUT2D eigenvalue weighted by atomic mass is 16.6. The highest BCUT2D eigenvalue weighted by Gasteiger charge is 2.55. The van der Waals surface area contributed by atoms with Crippen LogP contribution in [0, 0.1) is 0 Å². The van der Waals surface area contributed by atoms with Crippen molar-refractivity contribution >= 4 is 11.6 Å². The van der Waals surface area contributed by atoms with Crippen LogP contribution in [-0.4, -0.2) is 17.6 Å². The molecule has 0 saturated carbocycles. The standard InChI is InChI=1S/C11H13NO2/c1-8-11(2,14-8)10(13)12-9-6-4-3-5-7-9/h3-8H,1-2H3,(H,12,13)/t8-,11+/m1/s1. The predicted octanol–water partition coefficient (Wildman–Crippen LogP) is 1.80. The van der Waals surface area contributed by atoms with Gasteiger partial charge in [-0.05, 0) is 26.0 Å². The Labute approximate surface area is 83.1 Å². The molecule has 1 aliphatic rings. The van der Waals surface area contributed by atoms with Gasteiger partial charge in [-0.1, -0.05) is 18.2 Å². The Hall–Kier alpha value is -1.35. The molecule has 0 spiro atoms. The smallest absolute Gasteiger partial charge is 0.259 e. The number of para-hydroxylation sites is 1. The molecule has 14 heavy (non-hydrogen) atoms. The molecule has 1 aromatic rings. The third kappa shape index (κ3) is 1.51. The summed E-state index contributed by atoms with van der Waals surface area (Å²) in [6, 6.07) is 9.39. The molecule has 0 aliphatic carbocycles. The van der Waals surface area contributed by atoms with Gasteiger partial charge in [-0.15, -0.1) is 0 Å². The molecule has 1 heterocycles. The third-order valence-corrected chi connectivity index (χ3v) is 2.62. The number of carbonyl (C=O) groups is 1. The van der Waals surface area contributed by atoms with Gasteiger partial charge in [0.2, 0.25) is 0 Å². The van der Waals surface area contributed by atoms with E-state index in [0.717, 1.165) is 5.69 Å². The van der Waals surface area contributed by atoms with Crippen LogP contribution < -0.4 is 5.32 Å². The molecule has 1 saturated heterocycles. The summed E-state index contributed by atoms with van der Waals surface area (Å²) in [5, 5.41) is 2.81. The van der Waals surface area contributed by atoms with Crippen LogP contribution in [-0.2, 0) is 9.53 Å². The fraction of sp³-hybridized carbons (Fsp3) is 0.364. The van der Waals surface area contributed by atoms with E-state index in [1.54, 1.807) is 6.92 Å². The average molecular weight is 191 g/mol. The summed E-state index contributed by atoms with van der Waals surface area (Å²) >= 11 is 0. The van der Waals surface area contributed by atoms with Gasteiger partial charge in [0.1, 0.15) is 0 Å². The van der Waals surface area contributed by atoms with Crippen LogP contribution in [0.15, 0.2) is 30.3 Å². The molecule has 1 fully saturated rings. The van der Waals surface area contributed by atoms with Crippen LogP contribution in [0.4, 0.5) is 5.69 Å². The number of hydrogen-bond donors (Lipinski definition) is 1. The van der Waals surface area contributed by atoms with Gasteiger partial charge in [0, 0.05) is 5.69 Å². The second-order valence-electron chi connectivity index (χ2n) is 3.69. The molecule has 0 unspecified atom stereocenters. The Balaban J connectivity index is 2.03. The summed E-state index contributed by atoms with van der Waals surface area (Å²) in [7, 11) is 0. The Kier molecular flexibility index (Phi) is 2.04. The highest BCUT2D eigenvalue weighted by Crippen LogP contribution is 2.36. The second kappa shape index (κ2) is 3.10. The van der Waals surface area contributed by atoms with Crippen molar-refractivity contribution in [2.45, 2.75) is 25.6 Å². The fourth-order valence-corrected chi connectivity index (χ4v) is 1.35. The Bertz CT molecular complexity index is 350. The minimum absolute atomic E-state index is 0.0196. The van der Waals surface area contributed by atoms with Crippen LogP contribution in [0.5, 0.6) is 0 Å². The van der Waals surface area contributed by atoms with Crippen molar-refractivity contribution in [1.82, 2.24) is 0 Å². The van der Waals surface area contributed by atoms with Gasteiger partial charge in [-0.3, -0.25) is 4.79 Å². The number of amides is 1. The largest absolute Gasteiger partial charge is 0.356 e. The van der Waals surface area contributed by atoms with E-state index in [4.69, 9.17) is 4.74 Å². The van der Waals surface area contributed by atoms with Crippen molar-refractivity contribution in [3.63, 3.8) is 0 Å². The molecular formula is C11H13NO2. The first kappa shape index (κ1) is 9.21. The van der Waals surface area contributed by atoms with Gasteiger partial charge >= 0.3 is 0 Å². The van der Waals surface area contributed by atoms with Crippen molar-refractivity contribution in [3.05, 3.63) is 30.3 Å². The third-order valence-electron chi connectivity index (χ3n) is 2.62. The van der Waals surface area contributed by atoms with Crippen LogP contribution in [0.1, 0.15) is 13.8 Å². The number of benzene rings is 1. The minimum atomic E-state index is -0.629. The molecular weight excluding hydrogens is 178 g/mol. The van der Waals surface area contributed by atoms with E-state index in [1.807, 2.05) is 37.3 Å². The molecule has 3 heteroatoms. The lowest BCUT2D eigenvalue weighted by Gasteiger charge is -2.07. The van der Waals surface area contributed by atoms with Gasteiger partial charge in [-0.25, -0.2) is 0 Å². The summed E-state index contributed by atoms with van der Waals surface area (Å²) in [4.78, 5) is 11.7. The molecule has 3 nitrogen and oxygen atoms in total. The van der Waals surface area contributed by atoms with Crippen LogP contribution in [0.3, 0.4) is 0 Å². The van der Waals surface area contributed by atoms with Crippen molar-refractivity contribution in [3.8, 4) is 0 Å². The zero-order chi connectivity index (χ0) is 10.2. The van der Waals surface area contributed by atoms with Gasteiger partial charge in [0.25, 0.3) is 5.91 Å². The normalized spacial score (nSPS) is 29.7. The number of anilines is 1. The zero-order valence-corrected chi connectivity index (χ0v) is 8.28. The molecule has 2 atom stereocenters.